The van der Waals surface area contributed by atoms with Gasteiger partial charge in [-0.25, -0.2) is 0 Å². The smallest absolute Gasteiger partial charge is 0.257 e. The summed E-state index contributed by atoms with van der Waals surface area (Å²) in [5.41, 5.74) is 1.86. The number of aromatic nitrogens is 1. The summed E-state index contributed by atoms with van der Waals surface area (Å²) in [4.78, 5) is 28.6. The van der Waals surface area contributed by atoms with E-state index >= 15 is 0 Å². The number of amides is 2. The Morgan fingerprint density at radius 1 is 1.04 bits per heavy atom. The molecular weight excluding hydrogens is 326 g/mol. The van der Waals surface area contributed by atoms with E-state index < -0.39 is 0 Å². The number of fused-ring (bicyclic) bond motifs is 2. The Morgan fingerprint density at radius 2 is 1.88 bits per heavy atom. The molecular formula is C21H23N3O2. The van der Waals surface area contributed by atoms with Crippen LogP contribution in [0.2, 0.25) is 0 Å². The van der Waals surface area contributed by atoms with Gasteiger partial charge in [-0.3, -0.25) is 14.6 Å². The van der Waals surface area contributed by atoms with E-state index in [4.69, 9.17) is 0 Å². The van der Waals surface area contributed by atoms with E-state index in [1.54, 1.807) is 30.5 Å². The molecule has 1 aromatic carbocycles. The SMILES string of the molecule is O=C(CC1CC2CCC1C2)Nc1cccc(NC(=O)c2cccnc2)c1. The van der Waals surface area contributed by atoms with Crippen LogP contribution in [-0.2, 0) is 4.79 Å². The van der Waals surface area contributed by atoms with Crippen molar-refractivity contribution >= 4 is 23.2 Å². The lowest BCUT2D eigenvalue weighted by molar-refractivity contribution is -0.117. The van der Waals surface area contributed by atoms with Crippen LogP contribution in [0.25, 0.3) is 0 Å². The van der Waals surface area contributed by atoms with Crippen LogP contribution in [0, 0.1) is 17.8 Å². The number of pyridine rings is 1. The third-order valence-corrected chi connectivity index (χ3v) is 5.66. The third kappa shape index (κ3) is 3.77. The van der Waals surface area contributed by atoms with E-state index in [1.807, 2.05) is 12.1 Å². The van der Waals surface area contributed by atoms with Crippen LogP contribution in [0.1, 0.15) is 42.5 Å². The molecule has 0 saturated heterocycles. The molecule has 1 heterocycles. The first-order valence-corrected chi connectivity index (χ1v) is 9.28. The summed E-state index contributed by atoms with van der Waals surface area (Å²) < 4.78 is 0. The minimum atomic E-state index is -0.219. The second-order valence-electron chi connectivity index (χ2n) is 7.46. The fraction of sp³-hybridized carbons (Fsp3) is 0.381. The Balaban J connectivity index is 1.35. The molecule has 2 bridgehead atoms. The standard InChI is InChI=1S/C21H23N3O2/c25-20(11-17-10-14-6-7-15(17)9-14)23-18-4-1-5-19(12-18)24-21(26)16-3-2-8-22-13-16/h1-5,8,12-15,17H,6-7,9-11H2,(H,23,25)(H,24,26). The van der Waals surface area contributed by atoms with E-state index in [1.165, 1.54) is 31.9 Å². The monoisotopic (exact) mass is 349 g/mol. The molecule has 134 valence electrons. The fourth-order valence-electron chi connectivity index (χ4n) is 4.45. The normalized spacial score (nSPS) is 23.6. The Bertz CT molecular complexity index is 806. The summed E-state index contributed by atoms with van der Waals surface area (Å²) >= 11 is 0. The average molecular weight is 349 g/mol. The first kappa shape index (κ1) is 16.8. The first-order chi connectivity index (χ1) is 12.7. The molecule has 5 heteroatoms. The molecule has 3 unspecified atom stereocenters. The molecule has 2 N–H and O–H groups in total. The summed E-state index contributed by atoms with van der Waals surface area (Å²) in [6.07, 6.45) is 8.92. The van der Waals surface area contributed by atoms with E-state index in [0.29, 0.717) is 29.3 Å². The molecule has 0 aliphatic heterocycles. The minimum Gasteiger partial charge on any atom is -0.326 e. The van der Waals surface area contributed by atoms with Gasteiger partial charge in [0.15, 0.2) is 0 Å². The summed E-state index contributed by atoms with van der Waals surface area (Å²) in [5.74, 6) is 1.99. The van der Waals surface area contributed by atoms with E-state index in [-0.39, 0.29) is 11.8 Å². The van der Waals surface area contributed by atoms with Crippen molar-refractivity contribution in [1.29, 1.82) is 0 Å². The molecule has 3 atom stereocenters. The third-order valence-electron chi connectivity index (χ3n) is 5.66. The van der Waals surface area contributed by atoms with Crippen molar-refractivity contribution in [2.45, 2.75) is 32.1 Å². The van der Waals surface area contributed by atoms with Crippen LogP contribution in [0.5, 0.6) is 0 Å². The number of hydrogen-bond acceptors (Lipinski definition) is 3. The molecule has 2 aliphatic carbocycles. The van der Waals surface area contributed by atoms with Gasteiger partial charge in [0.2, 0.25) is 5.91 Å². The van der Waals surface area contributed by atoms with Crippen LogP contribution in [0.15, 0.2) is 48.8 Å². The molecule has 2 aromatic rings. The van der Waals surface area contributed by atoms with Gasteiger partial charge in [0, 0.05) is 30.2 Å². The van der Waals surface area contributed by atoms with Crippen LogP contribution < -0.4 is 10.6 Å². The number of nitrogens with zero attached hydrogens (tertiary/aromatic N) is 1. The number of benzene rings is 1. The summed E-state index contributed by atoms with van der Waals surface area (Å²) in [6.45, 7) is 0. The molecule has 0 radical (unpaired) electrons. The molecule has 2 aliphatic rings. The predicted octanol–water partition coefficient (Wildman–Crippen LogP) is 4.10. The van der Waals surface area contributed by atoms with Crippen LogP contribution in [0.4, 0.5) is 11.4 Å². The highest BCUT2D eigenvalue weighted by atomic mass is 16.2. The van der Waals surface area contributed by atoms with Crippen LogP contribution in [0.3, 0.4) is 0 Å². The quantitative estimate of drug-likeness (QED) is 0.854. The molecule has 2 saturated carbocycles. The summed E-state index contributed by atoms with van der Waals surface area (Å²) in [7, 11) is 0. The Labute approximate surface area is 153 Å². The summed E-state index contributed by atoms with van der Waals surface area (Å²) in [6, 6.07) is 10.7. The maximum Gasteiger partial charge on any atom is 0.257 e. The number of carbonyl (C=O) groups is 2. The Kier molecular flexibility index (Phi) is 4.69. The van der Waals surface area contributed by atoms with Gasteiger partial charge in [0.25, 0.3) is 5.91 Å². The minimum absolute atomic E-state index is 0.0679. The van der Waals surface area contributed by atoms with Crippen molar-refractivity contribution in [1.82, 2.24) is 4.98 Å². The van der Waals surface area contributed by atoms with E-state index in [2.05, 4.69) is 15.6 Å². The predicted molar refractivity (Wildman–Crippen MR) is 101 cm³/mol. The van der Waals surface area contributed by atoms with E-state index in [9.17, 15) is 9.59 Å². The van der Waals surface area contributed by atoms with Gasteiger partial charge >= 0.3 is 0 Å². The average Bonchev–Trinajstić information content (AvgIpc) is 3.25. The Hall–Kier alpha value is -2.69. The number of hydrogen-bond donors (Lipinski definition) is 2. The molecule has 2 amide bonds. The van der Waals surface area contributed by atoms with Crippen molar-refractivity contribution in [3.05, 3.63) is 54.4 Å². The highest BCUT2D eigenvalue weighted by Crippen LogP contribution is 2.49. The highest BCUT2D eigenvalue weighted by molar-refractivity contribution is 6.04. The van der Waals surface area contributed by atoms with Gasteiger partial charge < -0.3 is 10.6 Å². The number of carbonyl (C=O) groups excluding carboxylic acids is 2. The maximum atomic E-state index is 12.4. The van der Waals surface area contributed by atoms with Crippen LogP contribution >= 0.6 is 0 Å². The number of rotatable bonds is 5. The zero-order chi connectivity index (χ0) is 17.9. The Morgan fingerprint density at radius 3 is 2.58 bits per heavy atom. The lowest BCUT2D eigenvalue weighted by Gasteiger charge is -2.21. The molecule has 5 nitrogen and oxygen atoms in total. The van der Waals surface area contributed by atoms with Gasteiger partial charge in [-0.15, -0.1) is 0 Å². The van der Waals surface area contributed by atoms with Crippen molar-refractivity contribution in [2.24, 2.45) is 17.8 Å². The van der Waals surface area contributed by atoms with Crippen LogP contribution in [-0.4, -0.2) is 16.8 Å². The largest absolute Gasteiger partial charge is 0.326 e. The second kappa shape index (κ2) is 7.28. The van der Waals surface area contributed by atoms with Gasteiger partial charge in [-0.1, -0.05) is 12.5 Å². The molecule has 4 rings (SSSR count). The first-order valence-electron chi connectivity index (χ1n) is 9.28. The van der Waals surface area contributed by atoms with Gasteiger partial charge in [0.05, 0.1) is 5.56 Å². The van der Waals surface area contributed by atoms with Gasteiger partial charge in [-0.2, -0.15) is 0 Å². The number of nitrogens with one attached hydrogen (secondary N) is 2. The van der Waals surface area contributed by atoms with Gasteiger partial charge in [-0.05, 0) is 67.3 Å². The van der Waals surface area contributed by atoms with Crippen molar-refractivity contribution < 1.29 is 9.59 Å². The molecule has 1 aromatic heterocycles. The highest BCUT2D eigenvalue weighted by Gasteiger charge is 2.40. The lowest BCUT2D eigenvalue weighted by Crippen LogP contribution is -2.20. The van der Waals surface area contributed by atoms with Crippen molar-refractivity contribution in [3.63, 3.8) is 0 Å². The van der Waals surface area contributed by atoms with Crippen molar-refractivity contribution in [2.75, 3.05) is 10.6 Å². The zero-order valence-electron chi connectivity index (χ0n) is 14.7. The lowest BCUT2D eigenvalue weighted by atomic mass is 9.86. The second-order valence-corrected chi connectivity index (χ2v) is 7.46. The summed E-state index contributed by atoms with van der Waals surface area (Å²) in [5, 5.41) is 5.82. The topological polar surface area (TPSA) is 71.1 Å². The molecule has 26 heavy (non-hydrogen) atoms. The molecule has 2 fully saturated rings. The van der Waals surface area contributed by atoms with E-state index in [0.717, 1.165) is 11.8 Å². The van der Waals surface area contributed by atoms with Crippen molar-refractivity contribution in [3.8, 4) is 0 Å². The number of anilines is 2. The maximum absolute atomic E-state index is 12.4. The zero-order valence-corrected chi connectivity index (χ0v) is 14.7. The molecule has 0 spiro atoms. The van der Waals surface area contributed by atoms with Gasteiger partial charge in [0.1, 0.15) is 0 Å². The fourth-order valence-corrected chi connectivity index (χ4v) is 4.45.